The van der Waals surface area contributed by atoms with E-state index in [1.54, 1.807) is 0 Å². The van der Waals surface area contributed by atoms with Crippen molar-refractivity contribution in [1.29, 1.82) is 0 Å². The molecule has 0 aromatic carbocycles. The van der Waals surface area contributed by atoms with Gasteiger partial charge in [0.15, 0.2) is 0 Å². The van der Waals surface area contributed by atoms with Gasteiger partial charge in [-0.2, -0.15) is 0 Å². The van der Waals surface area contributed by atoms with Gasteiger partial charge in [0.25, 0.3) is 0 Å². The van der Waals surface area contributed by atoms with Crippen LogP contribution in [-0.2, 0) is 9.53 Å². The lowest BCUT2D eigenvalue weighted by atomic mass is 9.99. The SMILES string of the molecule is CCCCCCCCCCCCCCCCOC(=O)C1=C2CCC(C2)C1. The van der Waals surface area contributed by atoms with Crippen molar-refractivity contribution in [3.05, 3.63) is 11.1 Å². The Morgan fingerprint density at radius 2 is 1.35 bits per heavy atom. The maximum Gasteiger partial charge on any atom is 0.333 e. The van der Waals surface area contributed by atoms with Crippen molar-refractivity contribution in [3.8, 4) is 0 Å². The molecule has 0 aromatic rings. The second-order valence-corrected chi connectivity index (χ2v) is 8.63. The van der Waals surface area contributed by atoms with Crippen molar-refractivity contribution in [1.82, 2.24) is 0 Å². The van der Waals surface area contributed by atoms with Crippen LogP contribution in [0.1, 0.15) is 122 Å². The summed E-state index contributed by atoms with van der Waals surface area (Å²) in [6.07, 6.45) is 23.7. The minimum atomic E-state index is -0.00288. The summed E-state index contributed by atoms with van der Waals surface area (Å²) in [4.78, 5) is 12.1. The zero-order chi connectivity index (χ0) is 18.5. The highest BCUT2D eigenvalue weighted by atomic mass is 16.5. The molecule has 2 aliphatic rings. The lowest BCUT2D eigenvalue weighted by molar-refractivity contribution is -0.139. The van der Waals surface area contributed by atoms with E-state index in [2.05, 4.69) is 6.92 Å². The van der Waals surface area contributed by atoms with Gasteiger partial charge in [-0.25, -0.2) is 4.79 Å². The van der Waals surface area contributed by atoms with E-state index in [4.69, 9.17) is 4.74 Å². The van der Waals surface area contributed by atoms with Crippen molar-refractivity contribution in [3.63, 3.8) is 0 Å². The third-order valence-electron chi connectivity index (χ3n) is 6.29. The van der Waals surface area contributed by atoms with Crippen molar-refractivity contribution in [2.24, 2.45) is 5.92 Å². The number of fused-ring (bicyclic) bond motifs is 2. The Kier molecular flexibility index (Phi) is 11.1. The monoisotopic (exact) mass is 362 g/mol. The van der Waals surface area contributed by atoms with E-state index in [9.17, 15) is 4.79 Å². The van der Waals surface area contributed by atoms with Gasteiger partial charge < -0.3 is 4.74 Å². The normalized spacial score (nSPS) is 18.7. The van der Waals surface area contributed by atoms with E-state index in [1.807, 2.05) is 0 Å². The number of carbonyl (C=O) groups excluding carboxylic acids is 1. The molecule has 0 heterocycles. The lowest BCUT2D eigenvalue weighted by Gasteiger charge is -2.11. The molecule has 0 amide bonds. The van der Waals surface area contributed by atoms with Crippen LogP contribution < -0.4 is 0 Å². The molecule has 0 saturated heterocycles. The van der Waals surface area contributed by atoms with Crippen LogP contribution in [0.5, 0.6) is 0 Å². The van der Waals surface area contributed by atoms with Crippen molar-refractivity contribution in [2.75, 3.05) is 6.61 Å². The molecule has 2 heteroatoms. The molecule has 0 radical (unpaired) electrons. The topological polar surface area (TPSA) is 26.3 Å². The van der Waals surface area contributed by atoms with E-state index in [1.165, 1.54) is 102 Å². The third kappa shape index (κ3) is 8.27. The number of carbonyl (C=O) groups is 1. The average Bonchev–Trinajstić information content (AvgIpc) is 3.28. The second-order valence-electron chi connectivity index (χ2n) is 8.63. The van der Waals surface area contributed by atoms with Gasteiger partial charge in [-0.3, -0.25) is 0 Å². The number of allylic oxidation sites excluding steroid dienone is 1. The molecule has 26 heavy (non-hydrogen) atoms. The lowest BCUT2D eigenvalue weighted by Crippen LogP contribution is -2.11. The fraction of sp³-hybridized carbons (Fsp3) is 0.875. The Hall–Kier alpha value is -0.790. The second kappa shape index (κ2) is 13.4. The van der Waals surface area contributed by atoms with E-state index in [0.717, 1.165) is 30.8 Å². The van der Waals surface area contributed by atoms with E-state index in [0.29, 0.717) is 6.61 Å². The molecule has 0 spiro atoms. The highest BCUT2D eigenvalue weighted by Crippen LogP contribution is 2.44. The van der Waals surface area contributed by atoms with Crippen molar-refractivity contribution < 1.29 is 9.53 Å². The maximum atomic E-state index is 12.1. The standard InChI is InChI=1S/C24H42O2/c1-2-3-4-5-6-7-8-9-10-11-12-13-14-15-18-26-24(25)23-20-21-16-17-22(23)19-21/h21H,2-20H2,1H3. The molecule has 1 fully saturated rings. The summed E-state index contributed by atoms with van der Waals surface area (Å²) < 4.78 is 5.49. The summed E-state index contributed by atoms with van der Waals surface area (Å²) >= 11 is 0. The largest absolute Gasteiger partial charge is 0.462 e. The Morgan fingerprint density at radius 3 is 1.81 bits per heavy atom. The molecular formula is C24H42O2. The Labute approximate surface area is 162 Å². The van der Waals surface area contributed by atoms with Crippen LogP contribution in [0.25, 0.3) is 0 Å². The van der Waals surface area contributed by atoms with Gasteiger partial charge in [-0.1, -0.05) is 96.0 Å². The molecule has 0 N–H and O–H groups in total. The molecule has 150 valence electrons. The number of unbranched alkanes of at least 4 members (excludes halogenated alkanes) is 13. The van der Waals surface area contributed by atoms with Crippen LogP contribution in [0.3, 0.4) is 0 Å². The first-order valence-corrected chi connectivity index (χ1v) is 11.7. The molecule has 0 aliphatic heterocycles. The molecule has 1 saturated carbocycles. The van der Waals surface area contributed by atoms with Gasteiger partial charge in [0.2, 0.25) is 0 Å². The van der Waals surface area contributed by atoms with Gasteiger partial charge in [0.05, 0.1) is 6.61 Å². The van der Waals surface area contributed by atoms with Crippen molar-refractivity contribution >= 4 is 5.97 Å². The molecule has 1 unspecified atom stereocenters. The maximum absolute atomic E-state index is 12.1. The Balaban J connectivity index is 1.30. The molecule has 2 rings (SSSR count). The minimum absolute atomic E-state index is 0.00288. The molecular weight excluding hydrogens is 320 g/mol. The first kappa shape index (κ1) is 21.5. The zero-order valence-corrected chi connectivity index (χ0v) is 17.3. The van der Waals surface area contributed by atoms with Gasteiger partial charge in [0.1, 0.15) is 0 Å². The summed E-state index contributed by atoms with van der Waals surface area (Å²) in [5, 5.41) is 0. The third-order valence-corrected chi connectivity index (χ3v) is 6.29. The number of esters is 1. The van der Waals surface area contributed by atoms with E-state index >= 15 is 0 Å². The van der Waals surface area contributed by atoms with Crippen LogP contribution in [-0.4, -0.2) is 12.6 Å². The van der Waals surface area contributed by atoms with Crippen LogP contribution in [0, 0.1) is 5.92 Å². The average molecular weight is 363 g/mol. The number of hydrogen-bond donors (Lipinski definition) is 0. The molecule has 2 aliphatic carbocycles. The highest BCUT2D eigenvalue weighted by molar-refractivity contribution is 5.90. The summed E-state index contributed by atoms with van der Waals surface area (Å²) in [6.45, 7) is 2.91. The fourth-order valence-corrected chi connectivity index (χ4v) is 4.59. The van der Waals surface area contributed by atoms with Crippen LogP contribution in [0.2, 0.25) is 0 Å². The van der Waals surface area contributed by atoms with E-state index < -0.39 is 0 Å². The molecule has 1 atom stereocenters. The molecule has 2 bridgehead atoms. The summed E-state index contributed by atoms with van der Waals surface area (Å²) in [5.74, 6) is 0.755. The molecule has 2 nitrogen and oxygen atoms in total. The van der Waals surface area contributed by atoms with Gasteiger partial charge in [0, 0.05) is 5.57 Å². The molecule has 0 aromatic heterocycles. The quantitative estimate of drug-likeness (QED) is 0.210. The highest BCUT2D eigenvalue weighted by Gasteiger charge is 2.33. The first-order chi connectivity index (χ1) is 12.8. The van der Waals surface area contributed by atoms with Gasteiger partial charge >= 0.3 is 5.97 Å². The van der Waals surface area contributed by atoms with Crippen LogP contribution >= 0.6 is 0 Å². The Bertz CT molecular complexity index is 424. The van der Waals surface area contributed by atoms with Crippen LogP contribution in [0.15, 0.2) is 11.1 Å². The zero-order valence-electron chi connectivity index (χ0n) is 17.3. The van der Waals surface area contributed by atoms with E-state index in [-0.39, 0.29) is 5.97 Å². The number of ether oxygens (including phenoxy) is 1. The van der Waals surface area contributed by atoms with Crippen molar-refractivity contribution in [2.45, 2.75) is 122 Å². The fourth-order valence-electron chi connectivity index (χ4n) is 4.59. The number of rotatable bonds is 16. The predicted molar refractivity (Wildman–Crippen MR) is 110 cm³/mol. The van der Waals surface area contributed by atoms with Gasteiger partial charge in [-0.15, -0.1) is 0 Å². The first-order valence-electron chi connectivity index (χ1n) is 11.7. The minimum Gasteiger partial charge on any atom is -0.462 e. The van der Waals surface area contributed by atoms with Gasteiger partial charge in [-0.05, 0) is 38.0 Å². The number of hydrogen-bond acceptors (Lipinski definition) is 2. The summed E-state index contributed by atoms with van der Waals surface area (Å²) in [7, 11) is 0. The smallest absolute Gasteiger partial charge is 0.333 e. The summed E-state index contributed by atoms with van der Waals surface area (Å²) in [6, 6.07) is 0. The summed E-state index contributed by atoms with van der Waals surface area (Å²) in [5.41, 5.74) is 2.44. The van der Waals surface area contributed by atoms with Crippen LogP contribution in [0.4, 0.5) is 0 Å². The predicted octanol–water partition coefficient (Wildman–Crippen LogP) is 7.51. The Morgan fingerprint density at radius 1 is 0.808 bits per heavy atom.